The molecule has 2 heterocycles. The zero-order valence-electron chi connectivity index (χ0n) is 16.9. The third-order valence-corrected chi connectivity index (χ3v) is 6.24. The van der Waals surface area contributed by atoms with Crippen LogP contribution in [0.25, 0.3) is 0 Å². The fraction of sp³-hybridized carbons (Fsp3) is 0.278. The van der Waals surface area contributed by atoms with Gasteiger partial charge in [0, 0.05) is 30.9 Å². The second-order valence-corrected chi connectivity index (χ2v) is 8.08. The lowest BCUT2D eigenvalue weighted by Crippen LogP contribution is -2.35. The van der Waals surface area contributed by atoms with E-state index in [1.54, 1.807) is 4.68 Å². The standard InChI is InChI=1S/C18H17ClIN7O5/c1-9-15(20)10(2)26(24-9)8-14-23-18(32-25-14)17(29)22-6-5-21-16(28)12-7-11(27(30)31)3-4-13(12)19/h3-4,7H,5-6,8H2,1-2H3,(H,21,28)(H,22,29). The van der Waals surface area contributed by atoms with E-state index in [0.717, 1.165) is 21.0 Å². The number of halogens is 2. The van der Waals surface area contributed by atoms with Crippen LogP contribution in [0.1, 0.15) is 38.3 Å². The van der Waals surface area contributed by atoms with Gasteiger partial charge in [0.2, 0.25) is 0 Å². The van der Waals surface area contributed by atoms with E-state index in [1.807, 2.05) is 13.8 Å². The molecule has 0 saturated carbocycles. The minimum atomic E-state index is -0.623. The topological polar surface area (TPSA) is 158 Å². The highest BCUT2D eigenvalue weighted by Gasteiger charge is 2.18. The Morgan fingerprint density at radius 3 is 2.56 bits per heavy atom. The third-order valence-electron chi connectivity index (χ3n) is 4.35. The van der Waals surface area contributed by atoms with Gasteiger partial charge in [-0.2, -0.15) is 10.1 Å². The quantitative estimate of drug-likeness (QED) is 0.180. The minimum Gasteiger partial charge on any atom is -0.350 e. The molecule has 2 aromatic heterocycles. The van der Waals surface area contributed by atoms with Crippen LogP contribution in [0.15, 0.2) is 22.7 Å². The number of hydrogen-bond acceptors (Lipinski definition) is 8. The predicted molar refractivity (Wildman–Crippen MR) is 121 cm³/mol. The molecule has 2 N–H and O–H groups in total. The van der Waals surface area contributed by atoms with Gasteiger partial charge in [-0.25, -0.2) is 0 Å². The van der Waals surface area contributed by atoms with Crippen molar-refractivity contribution in [2.24, 2.45) is 0 Å². The van der Waals surface area contributed by atoms with E-state index >= 15 is 0 Å². The van der Waals surface area contributed by atoms with Crippen LogP contribution in [0.3, 0.4) is 0 Å². The SMILES string of the molecule is Cc1nn(Cc2noc(C(=O)NCCNC(=O)c3cc([N+](=O)[O-])ccc3Cl)n2)c(C)c1I. The van der Waals surface area contributed by atoms with Crippen molar-refractivity contribution in [3.05, 3.63) is 65.6 Å². The molecule has 0 radical (unpaired) electrons. The van der Waals surface area contributed by atoms with E-state index in [2.05, 4.69) is 48.5 Å². The van der Waals surface area contributed by atoms with Crippen molar-refractivity contribution >= 4 is 51.7 Å². The van der Waals surface area contributed by atoms with Crippen LogP contribution in [-0.4, -0.2) is 49.7 Å². The highest BCUT2D eigenvalue weighted by atomic mass is 127. The number of nitrogens with zero attached hydrogens (tertiary/aromatic N) is 5. The van der Waals surface area contributed by atoms with Crippen molar-refractivity contribution in [2.75, 3.05) is 13.1 Å². The predicted octanol–water partition coefficient (Wildman–Crippen LogP) is 2.26. The van der Waals surface area contributed by atoms with Gasteiger partial charge in [0.25, 0.3) is 11.6 Å². The lowest BCUT2D eigenvalue weighted by atomic mass is 10.2. The summed E-state index contributed by atoms with van der Waals surface area (Å²) in [6.07, 6.45) is 0. The van der Waals surface area contributed by atoms with Crippen molar-refractivity contribution < 1.29 is 19.0 Å². The highest BCUT2D eigenvalue weighted by Crippen LogP contribution is 2.21. The molecule has 0 aliphatic rings. The van der Waals surface area contributed by atoms with E-state index in [-0.39, 0.29) is 41.8 Å². The fourth-order valence-electron chi connectivity index (χ4n) is 2.70. The molecule has 0 fully saturated rings. The Kier molecular flexibility index (Phi) is 7.40. The smallest absolute Gasteiger partial charge is 0.316 e. The van der Waals surface area contributed by atoms with Crippen LogP contribution in [0.5, 0.6) is 0 Å². The number of aromatic nitrogens is 4. The number of benzene rings is 1. The van der Waals surface area contributed by atoms with Gasteiger partial charge in [-0.1, -0.05) is 16.8 Å². The molecule has 14 heteroatoms. The van der Waals surface area contributed by atoms with Gasteiger partial charge in [0.05, 0.1) is 24.8 Å². The Labute approximate surface area is 200 Å². The summed E-state index contributed by atoms with van der Waals surface area (Å²) >= 11 is 8.13. The molecular formula is C18H17ClIN7O5. The number of nitrogens with one attached hydrogen (secondary N) is 2. The van der Waals surface area contributed by atoms with Gasteiger partial charge in [0.1, 0.15) is 6.54 Å². The monoisotopic (exact) mass is 573 g/mol. The number of hydrogen-bond donors (Lipinski definition) is 2. The van der Waals surface area contributed by atoms with Crippen LogP contribution in [0.2, 0.25) is 5.02 Å². The summed E-state index contributed by atoms with van der Waals surface area (Å²) in [5.74, 6) is -1.13. The maximum Gasteiger partial charge on any atom is 0.316 e. The van der Waals surface area contributed by atoms with Crippen molar-refractivity contribution in [2.45, 2.75) is 20.4 Å². The Morgan fingerprint density at radius 2 is 1.94 bits per heavy atom. The van der Waals surface area contributed by atoms with E-state index in [1.165, 1.54) is 12.1 Å². The lowest BCUT2D eigenvalue weighted by Gasteiger charge is -2.07. The number of carbonyl (C=O) groups excluding carboxylic acids is 2. The van der Waals surface area contributed by atoms with Crippen molar-refractivity contribution in [1.82, 2.24) is 30.6 Å². The van der Waals surface area contributed by atoms with Gasteiger partial charge in [0.15, 0.2) is 5.82 Å². The summed E-state index contributed by atoms with van der Waals surface area (Å²) < 4.78 is 7.75. The second-order valence-electron chi connectivity index (χ2n) is 6.59. The first-order valence-electron chi connectivity index (χ1n) is 9.19. The second kappa shape index (κ2) is 10.0. The Morgan fingerprint density at radius 1 is 1.25 bits per heavy atom. The molecule has 2 amide bonds. The van der Waals surface area contributed by atoms with Crippen molar-refractivity contribution in [3.63, 3.8) is 0 Å². The zero-order valence-corrected chi connectivity index (χ0v) is 19.8. The first-order chi connectivity index (χ1) is 15.2. The maximum atomic E-state index is 12.2. The summed E-state index contributed by atoms with van der Waals surface area (Å²) in [4.78, 5) is 38.7. The van der Waals surface area contributed by atoms with Gasteiger partial charge in [-0.15, -0.1) is 0 Å². The maximum absolute atomic E-state index is 12.2. The minimum absolute atomic E-state index is 0.0347. The van der Waals surface area contributed by atoms with E-state index in [9.17, 15) is 19.7 Å². The molecule has 0 aliphatic heterocycles. The molecular weight excluding hydrogens is 557 g/mol. The number of aryl methyl sites for hydroxylation is 1. The molecule has 0 aliphatic carbocycles. The van der Waals surface area contributed by atoms with Crippen LogP contribution in [0, 0.1) is 27.5 Å². The third kappa shape index (κ3) is 5.40. The Hall–Kier alpha value is -3.07. The van der Waals surface area contributed by atoms with Gasteiger partial charge < -0.3 is 15.2 Å². The molecule has 0 bridgehead atoms. The highest BCUT2D eigenvalue weighted by molar-refractivity contribution is 14.1. The average molecular weight is 574 g/mol. The van der Waals surface area contributed by atoms with Crippen LogP contribution >= 0.6 is 34.2 Å². The number of amides is 2. The number of non-ortho nitro benzene ring substituents is 1. The number of nitro benzene ring substituents is 1. The number of nitro groups is 1. The molecule has 3 aromatic rings. The number of carbonyl (C=O) groups is 2. The molecule has 32 heavy (non-hydrogen) atoms. The molecule has 0 unspecified atom stereocenters. The van der Waals surface area contributed by atoms with Crippen LogP contribution in [-0.2, 0) is 6.54 Å². The van der Waals surface area contributed by atoms with Gasteiger partial charge in [-0.3, -0.25) is 24.4 Å². The Balaban J connectivity index is 1.50. The van der Waals surface area contributed by atoms with Crippen LogP contribution in [0.4, 0.5) is 5.69 Å². The summed E-state index contributed by atoms with van der Waals surface area (Å²) in [7, 11) is 0. The van der Waals surface area contributed by atoms with Crippen molar-refractivity contribution in [1.29, 1.82) is 0 Å². The van der Waals surface area contributed by atoms with Crippen molar-refractivity contribution in [3.8, 4) is 0 Å². The molecule has 1 aromatic carbocycles. The zero-order chi connectivity index (χ0) is 23.4. The summed E-state index contributed by atoms with van der Waals surface area (Å²) in [5.41, 5.74) is 1.55. The normalized spacial score (nSPS) is 10.8. The summed E-state index contributed by atoms with van der Waals surface area (Å²) in [5, 5.41) is 24.2. The fourth-order valence-corrected chi connectivity index (χ4v) is 3.29. The summed E-state index contributed by atoms with van der Waals surface area (Å²) in [6, 6.07) is 3.56. The lowest BCUT2D eigenvalue weighted by molar-refractivity contribution is -0.384. The first kappa shape index (κ1) is 23.6. The molecule has 0 atom stereocenters. The van der Waals surface area contributed by atoms with Crippen LogP contribution < -0.4 is 10.6 Å². The first-order valence-corrected chi connectivity index (χ1v) is 10.7. The largest absolute Gasteiger partial charge is 0.350 e. The van der Waals surface area contributed by atoms with E-state index < -0.39 is 16.7 Å². The molecule has 168 valence electrons. The molecule has 0 saturated heterocycles. The molecule has 0 spiro atoms. The summed E-state index contributed by atoms with van der Waals surface area (Å²) in [6.45, 7) is 4.18. The number of rotatable bonds is 8. The Bertz CT molecular complexity index is 1190. The van der Waals surface area contributed by atoms with Gasteiger partial charge >= 0.3 is 11.8 Å². The van der Waals surface area contributed by atoms with E-state index in [4.69, 9.17) is 16.1 Å². The average Bonchev–Trinajstić information content (AvgIpc) is 3.32. The van der Waals surface area contributed by atoms with Gasteiger partial charge in [-0.05, 0) is 42.5 Å². The molecule has 3 rings (SSSR count). The molecule has 12 nitrogen and oxygen atoms in total. The van der Waals surface area contributed by atoms with E-state index in [0.29, 0.717) is 5.82 Å².